The standard InChI is InChI=1S/C18H27N3O4/c1-3-24-15-9-13-8-12(2)25-16(13)10-14(15)11-21-17(22)6-4-5-7-20-18(19)23/h9-10,12H,3-8,11H2,1-2H3,(H,21,22)(H3,19,20,23)/t12-/m0/s1. The molecule has 1 heterocycles. The van der Waals surface area contributed by atoms with Crippen LogP contribution >= 0.6 is 0 Å². The quantitative estimate of drug-likeness (QED) is 0.592. The summed E-state index contributed by atoms with van der Waals surface area (Å²) in [7, 11) is 0. The number of primary amides is 1. The Balaban J connectivity index is 1.84. The van der Waals surface area contributed by atoms with Crippen LogP contribution < -0.4 is 25.8 Å². The second-order valence-corrected chi connectivity index (χ2v) is 6.16. The molecular formula is C18H27N3O4. The van der Waals surface area contributed by atoms with E-state index < -0.39 is 6.03 Å². The predicted molar refractivity (Wildman–Crippen MR) is 94.7 cm³/mol. The molecule has 1 aliphatic heterocycles. The topological polar surface area (TPSA) is 103 Å². The van der Waals surface area contributed by atoms with Gasteiger partial charge in [-0.05, 0) is 38.8 Å². The van der Waals surface area contributed by atoms with Gasteiger partial charge in [0.05, 0.1) is 6.61 Å². The van der Waals surface area contributed by atoms with Crippen LogP contribution in [0.25, 0.3) is 0 Å². The van der Waals surface area contributed by atoms with E-state index in [0.717, 1.165) is 29.0 Å². The minimum Gasteiger partial charge on any atom is -0.494 e. The van der Waals surface area contributed by atoms with Crippen LogP contribution in [0.1, 0.15) is 44.2 Å². The molecule has 7 heteroatoms. The molecule has 1 aliphatic rings. The van der Waals surface area contributed by atoms with Crippen molar-refractivity contribution in [2.75, 3.05) is 13.2 Å². The number of urea groups is 1. The molecule has 138 valence electrons. The molecule has 0 unspecified atom stereocenters. The molecule has 4 N–H and O–H groups in total. The highest BCUT2D eigenvalue weighted by atomic mass is 16.5. The molecule has 0 saturated carbocycles. The number of rotatable bonds is 9. The first-order valence-corrected chi connectivity index (χ1v) is 8.74. The minimum absolute atomic E-state index is 0.0312. The number of carbonyl (C=O) groups is 2. The Morgan fingerprint density at radius 1 is 1.32 bits per heavy atom. The van der Waals surface area contributed by atoms with Gasteiger partial charge in [0, 0.05) is 37.1 Å². The average Bonchev–Trinajstić information content (AvgIpc) is 2.91. The first kappa shape index (κ1) is 18.9. The summed E-state index contributed by atoms with van der Waals surface area (Å²) in [6.45, 7) is 5.43. The molecule has 1 aromatic carbocycles. The van der Waals surface area contributed by atoms with Crippen molar-refractivity contribution < 1.29 is 19.1 Å². The molecule has 0 spiro atoms. The van der Waals surface area contributed by atoms with E-state index in [-0.39, 0.29) is 12.0 Å². The molecular weight excluding hydrogens is 322 g/mol. The summed E-state index contributed by atoms with van der Waals surface area (Å²) in [5.41, 5.74) is 7.04. The lowest BCUT2D eigenvalue weighted by Crippen LogP contribution is -2.30. The third kappa shape index (κ3) is 5.85. The molecule has 7 nitrogen and oxygen atoms in total. The van der Waals surface area contributed by atoms with Gasteiger partial charge < -0.3 is 25.8 Å². The average molecular weight is 349 g/mol. The summed E-state index contributed by atoms with van der Waals surface area (Å²) in [6, 6.07) is 3.43. The predicted octanol–water partition coefficient (Wildman–Crippen LogP) is 1.86. The largest absolute Gasteiger partial charge is 0.494 e. The first-order valence-electron chi connectivity index (χ1n) is 8.74. The summed E-state index contributed by atoms with van der Waals surface area (Å²) < 4.78 is 11.5. The van der Waals surface area contributed by atoms with Crippen molar-refractivity contribution in [2.45, 2.75) is 52.2 Å². The van der Waals surface area contributed by atoms with E-state index >= 15 is 0 Å². The number of benzene rings is 1. The Hall–Kier alpha value is -2.44. The molecule has 1 atom stereocenters. The highest BCUT2D eigenvalue weighted by Crippen LogP contribution is 2.35. The Morgan fingerprint density at radius 2 is 2.12 bits per heavy atom. The third-order valence-corrected chi connectivity index (χ3v) is 3.98. The van der Waals surface area contributed by atoms with E-state index in [2.05, 4.69) is 10.6 Å². The zero-order valence-electron chi connectivity index (χ0n) is 14.9. The molecule has 0 aromatic heterocycles. The lowest BCUT2D eigenvalue weighted by molar-refractivity contribution is -0.121. The minimum atomic E-state index is -0.541. The molecule has 2 rings (SSSR count). The Bertz CT molecular complexity index is 619. The maximum absolute atomic E-state index is 12.0. The Labute approximate surface area is 148 Å². The summed E-state index contributed by atoms with van der Waals surface area (Å²) in [4.78, 5) is 22.5. The number of nitrogens with one attached hydrogen (secondary N) is 2. The van der Waals surface area contributed by atoms with Crippen molar-refractivity contribution in [3.05, 3.63) is 23.3 Å². The molecule has 25 heavy (non-hydrogen) atoms. The molecule has 1 aromatic rings. The number of nitrogens with two attached hydrogens (primary N) is 1. The van der Waals surface area contributed by atoms with E-state index in [0.29, 0.717) is 39.0 Å². The van der Waals surface area contributed by atoms with Gasteiger partial charge in [-0.3, -0.25) is 4.79 Å². The van der Waals surface area contributed by atoms with Crippen LogP contribution in [0, 0.1) is 0 Å². The van der Waals surface area contributed by atoms with E-state index in [1.54, 1.807) is 0 Å². The summed E-state index contributed by atoms with van der Waals surface area (Å²) >= 11 is 0. The van der Waals surface area contributed by atoms with Gasteiger partial charge in [-0.25, -0.2) is 4.79 Å². The van der Waals surface area contributed by atoms with E-state index in [4.69, 9.17) is 15.2 Å². The van der Waals surface area contributed by atoms with E-state index in [1.807, 2.05) is 26.0 Å². The summed E-state index contributed by atoms with van der Waals surface area (Å²) in [5, 5.41) is 5.42. The van der Waals surface area contributed by atoms with Crippen LogP contribution in [0.4, 0.5) is 4.79 Å². The number of ether oxygens (including phenoxy) is 2. The van der Waals surface area contributed by atoms with E-state index in [1.165, 1.54) is 0 Å². The second kappa shape index (κ2) is 9.15. The lowest BCUT2D eigenvalue weighted by Gasteiger charge is -2.13. The zero-order chi connectivity index (χ0) is 18.2. The van der Waals surface area contributed by atoms with Gasteiger partial charge in [0.1, 0.15) is 17.6 Å². The Morgan fingerprint density at radius 3 is 2.84 bits per heavy atom. The van der Waals surface area contributed by atoms with Gasteiger partial charge in [0.25, 0.3) is 0 Å². The lowest BCUT2D eigenvalue weighted by atomic mass is 10.1. The van der Waals surface area contributed by atoms with Gasteiger partial charge in [0.2, 0.25) is 5.91 Å². The van der Waals surface area contributed by atoms with Gasteiger partial charge >= 0.3 is 6.03 Å². The van der Waals surface area contributed by atoms with Crippen molar-refractivity contribution in [1.82, 2.24) is 10.6 Å². The number of amides is 3. The molecule has 0 saturated heterocycles. The van der Waals surface area contributed by atoms with Crippen molar-refractivity contribution in [1.29, 1.82) is 0 Å². The first-order chi connectivity index (χ1) is 12.0. The SMILES string of the molecule is CCOc1cc2c(cc1CNC(=O)CCCCNC(N)=O)O[C@@H](C)C2. The molecule has 0 aliphatic carbocycles. The van der Waals surface area contributed by atoms with E-state index in [9.17, 15) is 9.59 Å². The number of fused-ring (bicyclic) bond motifs is 1. The maximum Gasteiger partial charge on any atom is 0.312 e. The normalized spacial score (nSPS) is 15.2. The van der Waals surface area contributed by atoms with Crippen molar-refractivity contribution >= 4 is 11.9 Å². The van der Waals surface area contributed by atoms with Crippen molar-refractivity contribution in [2.24, 2.45) is 5.73 Å². The van der Waals surface area contributed by atoms with Gasteiger partial charge in [-0.15, -0.1) is 0 Å². The van der Waals surface area contributed by atoms with Crippen LogP contribution in [0.3, 0.4) is 0 Å². The molecule has 0 fully saturated rings. The monoisotopic (exact) mass is 349 g/mol. The summed E-state index contributed by atoms with van der Waals surface area (Å²) in [5.74, 6) is 1.64. The number of unbranched alkanes of at least 4 members (excludes halogenated alkanes) is 1. The maximum atomic E-state index is 12.0. The number of carbonyl (C=O) groups excluding carboxylic acids is 2. The van der Waals surface area contributed by atoms with Crippen LogP contribution in [0.2, 0.25) is 0 Å². The highest BCUT2D eigenvalue weighted by Gasteiger charge is 2.22. The van der Waals surface area contributed by atoms with Gasteiger partial charge in [-0.2, -0.15) is 0 Å². The fraction of sp³-hybridized carbons (Fsp3) is 0.556. The highest BCUT2D eigenvalue weighted by molar-refractivity contribution is 5.76. The van der Waals surface area contributed by atoms with Crippen molar-refractivity contribution in [3.63, 3.8) is 0 Å². The van der Waals surface area contributed by atoms with Gasteiger partial charge in [0.15, 0.2) is 0 Å². The van der Waals surface area contributed by atoms with Crippen LogP contribution in [0.5, 0.6) is 11.5 Å². The zero-order valence-corrected chi connectivity index (χ0v) is 14.9. The smallest absolute Gasteiger partial charge is 0.312 e. The fourth-order valence-electron chi connectivity index (χ4n) is 2.81. The summed E-state index contributed by atoms with van der Waals surface area (Å²) in [6.07, 6.45) is 2.85. The number of hydrogen-bond donors (Lipinski definition) is 3. The molecule has 0 bridgehead atoms. The fourth-order valence-corrected chi connectivity index (χ4v) is 2.81. The van der Waals surface area contributed by atoms with Crippen LogP contribution in [0.15, 0.2) is 12.1 Å². The van der Waals surface area contributed by atoms with Crippen molar-refractivity contribution in [3.8, 4) is 11.5 Å². The van der Waals surface area contributed by atoms with Crippen LogP contribution in [-0.2, 0) is 17.8 Å². The van der Waals surface area contributed by atoms with Crippen LogP contribution in [-0.4, -0.2) is 31.2 Å². The second-order valence-electron chi connectivity index (χ2n) is 6.16. The Kier molecular flexibility index (Phi) is 6.91. The number of hydrogen-bond acceptors (Lipinski definition) is 4. The molecule has 0 radical (unpaired) electrons. The molecule has 3 amide bonds. The third-order valence-electron chi connectivity index (χ3n) is 3.98. The van der Waals surface area contributed by atoms with Gasteiger partial charge in [-0.1, -0.05) is 0 Å².